The Labute approximate surface area is 123 Å². The minimum absolute atomic E-state index is 0.0401. The van der Waals surface area contributed by atoms with Crippen LogP contribution in [-0.4, -0.2) is 16.3 Å². The zero-order valence-electron chi connectivity index (χ0n) is 11.0. The van der Waals surface area contributed by atoms with Crippen molar-refractivity contribution >= 4 is 15.1 Å². The summed E-state index contributed by atoms with van der Waals surface area (Å²) in [4.78, 5) is 4.30. The molecule has 0 amide bonds. The number of pyridine rings is 1. The molecule has 0 radical (unpaired) electrons. The molecular weight excluding hydrogens is 292 g/mol. The SMILES string of the molecule is Nc1ccc(Oc2ccnc(C3CN=NN3P)c2)cc1F. The predicted octanol–water partition coefficient (Wildman–Crippen LogP) is 3.11. The van der Waals surface area contributed by atoms with E-state index in [1.165, 1.54) is 12.1 Å². The van der Waals surface area contributed by atoms with Crippen molar-refractivity contribution in [2.75, 3.05) is 12.3 Å². The van der Waals surface area contributed by atoms with Gasteiger partial charge in [-0.1, -0.05) is 5.22 Å². The first-order valence-corrected chi connectivity index (χ1v) is 6.75. The highest BCUT2D eigenvalue weighted by Crippen LogP contribution is 2.31. The van der Waals surface area contributed by atoms with E-state index in [0.717, 1.165) is 5.69 Å². The first-order chi connectivity index (χ1) is 10.1. The molecule has 1 aliphatic heterocycles. The number of nitrogen functional groups attached to an aromatic ring is 1. The number of hydrogen-bond acceptors (Lipinski definition) is 6. The molecule has 6 nitrogen and oxygen atoms in total. The van der Waals surface area contributed by atoms with E-state index in [-0.39, 0.29) is 11.7 Å². The van der Waals surface area contributed by atoms with Crippen LogP contribution in [0.2, 0.25) is 0 Å². The molecule has 0 saturated heterocycles. The van der Waals surface area contributed by atoms with Gasteiger partial charge in [0.25, 0.3) is 0 Å². The number of nitrogens with zero attached hydrogens (tertiary/aromatic N) is 4. The van der Waals surface area contributed by atoms with Crippen molar-refractivity contribution in [1.82, 2.24) is 9.76 Å². The van der Waals surface area contributed by atoms with Gasteiger partial charge in [-0.05, 0) is 27.6 Å². The second-order valence-electron chi connectivity index (χ2n) is 4.51. The quantitative estimate of drug-likeness (QED) is 0.698. The third-order valence-corrected chi connectivity index (χ3v) is 3.51. The van der Waals surface area contributed by atoms with Gasteiger partial charge in [-0.3, -0.25) is 9.76 Å². The van der Waals surface area contributed by atoms with Crippen LogP contribution < -0.4 is 10.5 Å². The molecule has 1 aliphatic rings. The van der Waals surface area contributed by atoms with E-state index in [0.29, 0.717) is 18.0 Å². The van der Waals surface area contributed by atoms with Crippen LogP contribution in [0.15, 0.2) is 46.9 Å². The molecule has 108 valence electrons. The van der Waals surface area contributed by atoms with Crippen LogP contribution in [-0.2, 0) is 0 Å². The second kappa shape index (κ2) is 5.61. The van der Waals surface area contributed by atoms with Crippen molar-refractivity contribution in [2.45, 2.75) is 6.04 Å². The molecule has 8 heteroatoms. The van der Waals surface area contributed by atoms with Gasteiger partial charge in [0.15, 0.2) is 0 Å². The Bertz CT molecular complexity index is 696. The van der Waals surface area contributed by atoms with Crippen molar-refractivity contribution in [3.63, 3.8) is 0 Å². The number of nitrogens with two attached hydrogens (primary N) is 1. The number of hydrogen-bond donors (Lipinski definition) is 1. The first kappa shape index (κ1) is 13.7. The third-order valence-electron chi connectivity index (χ3n) is 3.04. The number of aromatic nitrogens is 1. The lowest BCUT2D eigenvalue weighted by atomic mass is 10.2. The summed E-state index contributed by atoms with van der Waals surface area (Å²) in [5, 5.41) is 7.85. The summed E-state index contributed by atoms with van der Waals surface area (Å²) in [5.41, 5.74) is 6.30. The summed E-state index contributed by atoms with van der Waals surface area (Å²) in [6.45, 7) is 0.538. The van der Waals surface area contributed by atoms with Crippen molar-refractivity contribution in [2.24, 2.45) is 10.3 Å². The van der Waals surface area contributed by atoms with Crippen LogP contribution in [0.5, 0.6) is 11.5 Å². The van der Waals surface area contributed by atoms with Gasteiger partial charge in [-0.15, -0.1) is 0 Å². The van der Waals surface area contributed by atoms with Gasteiger partial charge in [-0.25, -0.2) is 4.39 Å². The fourth-order valence-electron chi connectivity index (χ4n) is 1.94. The largest absolute Gasteiger partial charge is 0.457 e. The molecule has 0 aliphatic carbocycles. The Kier molecular flexibility index (Phi) is 3.66. The second-order valence-corrected chi connectivity index (χ2v) is 5.04. The molecule has 2 unspecified atom stereocenters. The van der Waals surface area contributed by atoms with Crippen LogP contribution in [0.1, 0.15) is 11.7 Å². The Balaban J connectivity index is 1.81. The number of ether oxygens (including phenoxy) is 1. The van der Waals surface area contributed by atoms with Crippen molar-refractivity contribution < 1.29 is 9.13 Å². The summed E-state index contributed by atoms with van der Waals surface area (Å²) in [5.74, 6) is 0.433. The van der Waals surface area contributed by atoms with Gasteiger partial charge in [-0.2, -0.15) is 5.11 Å². The highest BCUT2D eigenvalue weighted by molar-refractivity contribution is 7.13. The summed E-state index contributed by atoms with van der Waals surface area (Å²) in [6, 6.07) is 7.77. The number of benzene rings is 1. The average Bonchev–Trinajstić information content (AvgIpc) is 2.89. The summed E-state index contributed by atoms with van der Waals surface area (Å²) in [7, 11) is 2.48. The van der Waals surface area contributed by atoms with Gasteiger partial charge in [0, 0.05) is 18.3 Å². The number of rotatable bonds is 3. The molecule has 2 aromatic rings. The standard InChI is InChI=1S/C13H13FN5OP/c14-10-5-8(1-2-11(10)15)20-9-3-4-16-12(6-9)13-7-17-18-19(13)21/h1-6,13H,7,15,21H2. The van der Waals surface area contributed by atoms with Crippen molar-refractivity contribution in [3.05, 3.63) is 48.0 Å². The summed E-state index contributed by atoms with van der Waals surface area (Å²) < 4.78 is 20.7. The van der Waals surface area contributed by atoms with Gasteiger partial charge in [0.1, 0.15) is 23.4 Å². The smallest absolute Gasteiger partial charge is 0.149 e. The van der Waals surface area contributed by atoms with E-state index in [1.807, 2.05) is 0 Å². The maximum Gasteiger partial charge on any atom is 0.149 e. The maximum absolute atomic E-state index is 13.4. The van der Waals surface area contributed by atoms with Gasteiger partial charge in [0.05, 0.1) is 17.9 Å². The summed E-state index contributed by atoms with van der Waals surface area (Å²) >= 11 is 0. The minimum atomic E-state index is -0.508. The van der Waals surface area contributed by atoms with Crippen LogP contribution in [0, 0.1) is 5.82 Å². The highest BCUT2D eigenvalue weighted by atomic mass is 31.0. The molecular formula is C13H13FN5OP. The Morgan fingerprint density at radius 2 is 2.10 bits per heavy atom. The van der Waals surface area contributed by atoms with Gasteiger partial charge in [0.2, 0.25) is 0 Å². The molecule has 2 heterocycles. The molecule has 0 saturated carbocycles. The normalized spacial score (nSPS) is 17.2. The fourth-order valence-corrected chi connectivity index (χ4v) is 2.26. The Hall–Kier alpha value is -2.27. The Morgan fingerprint density at radius 3 is 2.81 bits per heavy atom. The maximum atomic E-state index is 13.4. The number of anilines is 1. The monoisotopic (exact) mass is 305 g/mol. The lowest BCUT2D eigenvalue weighted by Crippen LogP contribution is -2.12. The van der Waals surface area contributed by atoms with Gasteiger partial charge >= 0.3 is 0 Å². The molecule has 21 heavy (non-hydrogen) atoms. The molecule has 1 aromatic carbocycles. The molecule has 1 aromatic heterocycles. The van der Waals surface area contributed by atoms with Crippen LogP contribution in [0.3, 0.4) is 0 Å². The first-order valence-electron chi connectivity index (χ1n) is 6.23. The van der Waals surface area contributed by atoms with E-state index in [4.69, 9.17) is 10.5 Å². The molecule has 3 rings (SSSR count). The summed E-state index contributed by atoms with van der Waals surface area (Å²) in [6.07, 6.45) is 1.63. The molecule has 0 spiro atoms. The third kappa shape index (κ3) is 2.92. The van der Waals surface area contributed by atoms with Crippen molar-refractivity contribution in [1.29, 1.82) is 0 Å². The van der Waals surface area contributed by atoms with Crippen LogP contribution in [0.25, 0.3) is 0 Å². The number of halogens is 1. The van der Waals surface area contributed by atoms with E-state index >= 15 is 0 Å². The minimum Gasteiger partial charge on any atom is -0.457 e. The Morgan fingerprint density at radius 1 is 1.29 bits per heavy atom. The zero-order valence-corrected chi connectivity index (χ0v) is 12.1. The van der Waals surface area contributed by atoms with E-state index in [2.05, 4.69) is 24.7 Å². The van der Waals surface area contributed by atoms with Crippen molar-refractivity contribution in [3.8, 4) is 11.5 Å². The van der Waals surface area contributed by atoms with Gasteiger partial charge < -0.3 is 10.5 Å². The lowest BCUT2D eigenvalue weighted by molar-refractivity contribution is 0.420. The molecule has 2 atom stereocenters. The van der Waals surface area contributed by atoms with E-state index < -0.39 is 5.82 Å². The van der Waals surface area contributed by atoms with E-state index in [9.17, 15) is 4.39 Å². The zero-order chi connectivity index (χ0) is 14.8. The highest BCUT2D eigenvalue weighted by Gasteiger charge is 2.22. The fraction of sp³-hybridized carbons (Fsp3) is 0.154. The molecule has 2 N–H and O–H groups in total. The predicted molar refractivity (Wildman–Crippen MR) is 79.1 cm³/mol. The molecule has 0 bridgehead atoms. The average molecular weight is 305 g/mol. The van der Waals surface area contributed by atoms with E-state index in [1.54, 1.807) is 29.2 Å². The molecule has 0 fully saturated rings. The van der Waals surface area contributed by atoms with Crippen LogP contribution >= 0.6 is 9.39 Å². The van der Waals surface area contributed by atoms with Crippen LogP contribution in [0.4, 0.5) is 10.1 Å². The lowest BCUT2D eigenvalue weighted by Gasteiger charge is -2.16. The topological polar surface area (TPSA) is 76.1 Å².